The van der Waals surface area contributed by atoms with Crippen molar-refractivity contribution in [3.8, 4) is 5.75 Å². The Kier molecular flexibility index (Phi) is 7.56. The number of nitrogens with zero attached hydrogens (tertiary/aromatic N) is 1. The fourth-order valence-electron chi connectivity index (χ4n) is 2.90. The SMILES string of the molecule is CCc1cc(S(F)(F)(F)(F)F)cc2c1O[C@H](C(F)(F)F)C(C(=O)OC(C)OC(=O)OCCO[N+](=O)[O-])=C2. The summed E-state index contributed by atoms with van der Waals surface area (Å²) in [5, 5.41) is 8.77. The molecule has 0 fully saturated rings. The van der Waals surface area contributed by atoms with Crippen LogP contribution < -0.4 is 4.74 Å². The molecule has 0 radical (unpaired) electrons. The summed E-state index contributed by atoms with van der Waals surface area (Å²) in [5.74, 6) is -2.67. The largest absolute Gasteiger partial charge is 0.511 e. The zero-order chi connectivity index (χ0) is 28.5. The van der Waals surface area contributed by atoms with Crippen molar-refractivity contribution in [2.45, 2.75) is 43.7 Å². The summed E-state index contributed by atoms with van der Waals surface area (Å²) in [6, 6.07) is -0.177. The van der Waals surface area contributed by atoms with Crippen LogP contribution in [0.2, 0.25) is 0 Å². The third-order valence-corrected chi connectivity index (χ3v) is 5.52. The number of hydrogen-bond donors (Lipinski definition) is 0. The zero-order valence-corrected chi connectivity index (χ0v) is 19.4. The van der Waals surface area contributed by atoms with Crippen LogP contribution in [0.1, 0.15) is 25.0 Å². The summed E-state index contributed by atoms with van der Waals surface area (Å²) in [6.45, 7) is 0.634. The molecule has 0 N–H and O–H groups in total. The quantitative estimate of drug-likeness (QED) is 0.0889. The standard InChI is InChI=1S/C18H17F8NO9S/c1-3-10-6-12(37(22,23,24,25)26)7-11-8-13(15(18(19,20)21)36-14(10)11)16(28)34-9(2)35-17(29)32-4-5-33-27(30)31/h6-9,15H,3-5H2,1-2H3/t9?,15-/m0/s1. The first-order valence-electron chi connectivity index (χ1n) is 9.80. The molecule has 0 amide bonds. The summed E-state index contributed by atoms with van der Waals surface area (Å²) in [6.07, 6.45) is -12.1. The van der Waals surface area contributed by atoms with E-state index in [9.17, 15) is 52.3 Å². The van der Waals surface area contributed by atoms with Crippen LogP contribution in [0.4, 0.5) is 37.4 Å². The third kappa shape index (κ3) is 7.99. The molecule has 2 atom stereocenters. The molecule has 37 heavy (non-hydrogen) atoms. The fourth-order valence-corrected chi connectivity index (χ4v) is 3.62. The van der Waals surface area contributed by atoms with Crippen molar-refractivity contribution >= 4 is 28.4 Å². The number of halogens is 8. The van der Waals surface area contributed by atoms with E-state index in [2.05, 4.69) is 19.0 Å². The van der Waals surface area contributed by atoms with Gasteiger partial charge in [-0.15, -0.1) is 10.1 Å². The second kappa shape index (κ2) is 9.42. The molecule has 0 aromatic heterocycles. The molecule has 1 aliphatic rings. The molecule has 19 heteroatoms. The number of ether oxygens (including phenoxy) is 4. The summed E-state index contributed by atoms with van der Waals surface area (Å²) < 4.78 is 126. The van der Waals surface area contributed by atoms with Gasteiger partial charge in [-0.05, 0) is 30.2 Å². The topological polar surface area (TPSA) is 123 Å². The summed E-state index contributed by atoms with van der Waals surface area (Å²) in [5.41, 5.74) is -2.95. The Bertz CT molecular complexity index is 1120. The Hall–Kier alpha value is -3.51. The molecule has 2 rings (SSSR count). The lowest BCUT2D eigenvalue weighted by atomic mass is 9.98. The minimum absolute atomic E-state index is 0.0246. The Balaban J connectivity index is 2.34. The lowest BCUT2D eigenvalue weighted by Crippen LogP contribution is -2.41. The lowest BCUT2D eigenvalue weighted by molar-refractivity contribution is -0.757. The molecule has 210 valence electrons. The number of carbonyl (C=O) groups excluding carboxylic acids is 2. The van der Waals surface area contributed by atoms with Gasteiger partial charge in [-0.3, -0.25) is 0 Å². The number of fused-ring (bicyclic) bond motifs is 1. The normalized spacial score (nSPS) is 18.1. The van der Waals surface area contributed by atoms with Crippen LogP contribution in [0, 0.1) is 10.1 Å². The van der Waals surface area contributed by atoms with Gasteiger partial charge in [0.15, 0.2) is 0 Å². The van der Waals surface area contributed by atoms with Gasteiger partial charge in [-0.25, -0.2) is 9.59 Å². The number of esters is 1. The minimum atomic E-state index is -10.3. The fraction of sp³-hybridized carbons (Fsp3) is 0.444. The molecule has 1 unspecified atom stereocenters. The van der Waals surface area contributed by atoms with Gasteiger partial charge in [0.2, 0.25) is 12.4 Å². The van der Waals surface area contributed by atoms with E-state index in [1.54, 1.807) is 0 Å². The molecule has 0 saturated carbocycles. The van der Waals surface area contributed by atoms with E-state index in [-0.39, 0.29) is 18.2 Å². The molecule has 1 heterocycles. The molecular formula is C18H17F8NO9S. The van der Waals surface area contributed by atoms with Crippen molar-refractivity contribution in [3.05, 3.63) is 38.9 Å². The monoisotopic (exact) mass is 575 g/mol. The van der Waals surface area contributed by atoms with Gasteiger partial charge < -0.3 is 23.8 Å². The molecular weight excluding hydrogens is 558 g/mol. The number of carbonyl (C=O) groups is 2. The van der Waals surface area contributed by atoms with Crippen molar-refractivity contribution in [2.24, 2.45) is 0 Å². The third-order valence-electron chi connectivity index (χ3n) is 4.39. The van der Waals surface area contributed by atoms with Gasteiger partial charge in [-0.1, -0.05) is 26.4 Å². The first kappa shape index (κ1) is 29.7. The Morgan fingerprint density at radius 2 is 1.76 bits per heavy atom. The molecule has 10 nitrogen and oxygen atoms in total. The number of hydrogen-bond acceptors (Lipinski definition) is 9. The predicted molar refractivity (Wildman–Crippen MR) is 107 cm³/mol. The highest BCUT2D eigenvalue weighted by Gasteiger charge is 2.66. The van der Waals surface area contributed by atoms with E-state index in [0.29, 0.717) is 0 Å². The van der Waals surface area contributed by atoms with E-state index < -0.39 is 93.0 Å². The van der Waals surface area contributed by atoms with E-state index >= 15 is 0 Å². The average Bonchev–Trinajstić information content (AvgIpc) is 2.72. The van der Waals surface area contributed by atoms with Crippen LogP contribution in [0.15, 0.2) is 22.6 Å². The van der Waals surface area contributed by atoms with Gasteiger partial charge in [0.05, 0.1) is 5.57 Å². The molecule has 0 spiro atoms. The second-order valence-corrected chi connectivity index (χ2v) is 9.62. The van der Waals surface area contributed by atoms with Crippen molar-refractivity contribution in [3.63, 3.8) is 0 Å². The maximum atomic E-state index is 13.6. The summed E-state index contributed by atoms with van der Waals surface area (Å²) in [4.78, 5) is 35.2. The van der Waals surface area contributed by atoms with Crippen molar-refractivity contribution < 1.29 is 71.1 Å². The number of alkyl halides is 3. The van der Waals surface area contributed by atoms with Crippen LogP contribution in [-0.2, 0) is 30.3 Å². The predicted octanol–water partition coefficient (Wildman–Crippen LogP) is 5.86. The molecule has 1 aromatic rings. The number of rotatable bonds is 9. The summed E-state index contributed by atoms with van der Waals surface area (Å²) >= 11 is 0. The molecule has 0 bridgehead atoms. The van der Waals surface area contributed by atoms with Gasteiger partial charge in [0.25, 0.3) is 5.09 Å². The van der Waals surface area contributed by atoms with Crippen LogP contribution in [0.5, 0.6) is 5.75 Å². The van der Waals surface area contributed by atoms with Crippen LogP contribution in [0.3, 0.4) is 0 Å². The zero-order valence-electron chi connectivity index (χ0n) is 18.6. The second-order valence-electron chi connectivity index (χ2n) is 7.21. The highest BCUT2D eigenvalue weighted by molar-refractivity contribution is 8.45. The minimum Gasteiger partial charge on any atom is -0.475 e. The van der Waals surface area contributed by atoms with Gasteiger partial charge in [0, 0.05) is 12.5 Å². The highest BCUT2D eigenvalue weighted by atomic mass is 32.5. The highest BCUT2D eigenvalue weighted by Crippen LogP contribution is 3.02. The van der Waals surface area contributed by atoms with Gasteiger partial charge in [0.1, 0.15) is 23.9 Å². The molecule has 1 aliphatic heterocycles. The van der Waals surface area contributed by atoms with E-state index in [4.69, 9.17) is 4.74 Å². The maximum absolute atomic E-state index is 13.6. The summed E-state index contributed by atoms with van der Waals surface area (Å²) in [7, 11) is -10.3. The van der Waals surface area contributed by atoms with Gasteiger partial charge >= 0.3 is 28.5 Å². The van der Waals surface area contributed by atoms with Crippen LogP contribution >= 0.6 is 10.2 Å². The molecule has 0 saturated heterocycles. The van der Waals surface area contributed by atoms with E-state index in [1.807, 2.05) is 0 Å². The number of aryl methyl sites for hydroxylation is 1. The van der Waals surface area contributed by atoms with Crippen molar-refractivity contribution in [1.29, 1.82) is 0 Å². The maximum Gasteiger partial charge on any atom is 0.511 e. The first-order chi connectivity index (χ1) is 16.6. The average molecular weight is 575 g/mol. The first-order valence-corrected chi connectivity index (χ1v) is 11.7. The Morgan fingerprint density at radius 3 is 2.27 bits per heavy atom. The lowest BCUT2D eigenvalue weighted by Gasteiger charge is -2.41. The Morgan fingerprint density at radius 1 is 1.14 bits per heavy atom. The van der Waals surface area contributed by atoms with Gasteiger partial charge in [-0.2, -0.15) is 13.2 Å². The smallest absolute Gasteiger partial charge is 0.475 e. The van der Waals surface area contributed by atoms with Crippen LogP contribution in [0.25, 0.3) is 6.08 Å². The van der Waals surface area contributed by atoms with Crippen molar-refractivity contribution in [1.82, 2.24) is 0 Å². The Labute approximate surface area is 201 Å². The molecule has 0 aliphatic carbocycles. The van der Waals surface area contributed by atoms with E-state index in [0.717, 1.165) is 6.92 Å². The molecule has 1 aromatic carbocycles. The van der Waals surface area contributed by atoms with E-state index in [1.165, 1.54) is 6.92 Å². The number of benzene rings is 1. The van der Waals surface area contributed by atoms with Crippen molar-refractivity contribution in [2.75, 3.05) is 13.2 Å². The van der Waals surface area contributed by atoms with Crippen LogP contribution in [-0.4, -0.2) is 49.0 Å².